The van der Waals surface area contributed by atoms with Crippen molar-refractivity contribution < 1.29 is 43.9 Å². The van der Waals surface area contributed by atoms with Crippen LogP contribution in [0, 0.1) is 0 Å². The highest BCUT2D eigenvalue weighted by molar-refractivity contribution is 5.95. The lowest BCUT2D eigenvalue weighted by molar-refractivity contribution is -0.167. The van der Waals surface area contributed by atoms with Crippen molar-refractivity contribution >= 4 is 11.9 Å². The molecule has 158 valence electrons. The maximum Gasteiger partial charge on any atom is 0.344 e. The minimum atomic E-state index is -2.28. The van der Waals surface area contributed by atoms with Crippen molar-refractivity contribution in [2.24, 2.45) is 0 Å². The van der Waals surface area contributed by atoms with Crippen LogP contribution in [0.5, 0.6) is 11.5 Å². The number of aliphatic hydroxyl groups is 2. The first-order valence-electron chi connectivity index (χ1n) is 9.15. The van der Waals surface area contributed by atoms with Crippen LogP contribution < -0.4 is 4.74 Å². The number of ether oxygens (including phenoxy) is 4. The van der Waals surface area contributed by atoms with Crippen LogP contribution in [0.1, 0.15) is 41.8 Å². The molecule has 0 bridgehead atoms. The predicted molar refractivity (Wildman–Crippen MR) is 98.5 cm³/mol. The van der Waals surface area contributed by atoms with Gasteiger partial charge in [-0.25, -0.2) is 9.59 Å². The van der Waals surface area contributed by atoms with Gasteiger partial charge in [0.25, 0.3) is 0 Å². The van der Waals surface area contributed by atoms with Crippen LogP contribution in [0.25, 0.3) is 0 Å². The molecule has 9 nitrogen and oxygen atoms in total. The lowest BCUT2D eigenvalue weighted by atomic mass is 9.90. The number of epoxide rings is 1. The second kappa shape index (κ2) is 8.02. The number of fused-ring (bicyclic) bond motifs is 3. The van der Waals surface area contributed by atoms with Crippen LogP contribution in [-0.2, 0) is 19.0 Å². The molecule has 0 spiro atoms. The summed E-state index contributed by atoms with van der Waals surface area (Å²) in [5, 5.41) is 31.6. The standard InChI is InChI=1S/C20H24O9/c1-10-5-4-6-20(25,19(24)27-3)15(22)9-14-17(29-14)12-7-11(26-2)8-13(21)16(12)18(23)28-10/h4,6-8,10,14-15,17,21-22,25H,5,9H2,1-3H3/b6-4+/t10-,14+,15-,17+,20?/m0/s1. The SMILES string of the molecule is COC(=O)C1(O)/C=C/C[C@H](C)OC(=O)c2c(O)cc(OC)cc2[C@H]2O[C@@H]2C[C@@H]1O. The maximum atomic E-state index is 12.7. The Kier molecular flexibility index (Phi) is 5.83. The third-order valence-electron chi connectivity index (χ3n) is 5.07. The van der Waals surface area contributed by atoms with Crippen LogP contribution in [0.3, 0.4) is 0 Å². The minimum absolute atomic E-state index is 0.0499. The highest BCUT2D eigenvalue weighted by Gasteiger charge is 2.50. The number of aliphatic hydroxyl groups excluding tert-OH is 1. The monoisotopic (exact) mass is 408 g/mol. The fourth-order valence-electron chi connectivity index (χ4n) is 3.39. The van der Waals surface area contributed by atoms with Crippen LogP contribution in [0.15, 0.2) is 24.3 Å². The zero-order valence-electron chi connectivity index (χ0n) is 16.3. The molecule has 1 fully saturated rings. The highest BCUT2D eigenvalue weighted by atomic mass is 16.6. The van der Waals surface area contributed by atoms with Gasteiger partial charge in [-0.15, -0.1) is 0 Å². The number of esters is 2. The number of carbonyl (C=O) groups is 2. The molecule has 0 aliphatic carbocycles. The van der Waals surface area contributed by atoms with Crippen LogP contribution in [0.2, 0.25) is 0 Å². The number of methoxy groups -OCH3 is 2. The molecule has 1 aromatic carbocycles. The van der Waals surface area contributed by atoms with Gasteiger partial charge in [0.15, 0.2) is 0 Å². The summed E-state index contributed by atoms with van der Waals surface area (Å²) in [5.41, 5.74) is -1.99. The smallest absolute Gasteiger partial charge is 0.344 e. The summed E-state index contributed by atoms with van der Waals surface area (Å²) >= 11 is 0. The van der Waals surface area contributed by atoms with E-state index in [9.17, 15) is 24.9 Å². The molecule has 0 aromatic heterocycles. The molecule has 3 rings (SSSR count). The summed E-state index contributed by atoms with van der Waals surface area (Å²) < 4.78 is 20.7. The molecular formula is C20H24O9. The molecule has 3 N–H and O–H groups in total. The first-order chi connectivity index (χ1) is 13.7. The Morgan fingerprint density at radius 3 is 2.69 bits per heavy atom. The van der Waals surface area contributed by atoms with E-state index in [1.54, 1.807) is 13.0 Å². The van der Waals surface area contributed by atoms with Crippen molar-refractivity contribution in [3.05, 3.63) is 35.4 Å². The first kappa shape index (κ1) is 21.1. The first-order valence-corrected chi connectivity index (χ1v) is 9.15. The quantitative estimate of drug-likeness (QED) is 0.372. The molecule has 2 aliphatic heterocycles. The summed E-state index contributed by atoms with van der Waals surface area (Å²) in [6.45, 7) is 1.62. The van der Waals surface area contributed by atoms with Gasteiger partial charge in [-0.3, -0.25) is 0 Å². The van der Waals surface area contributed by atoms with Gasteiger partial charge < -0.3 is 34.3 Å². The van der Waals surface area contributed by atoms with Crippen molar-refractivity contribution in [2.45, 2.75) is 49.8 Å². The number of hydrogen-bond donors (Lipinski definition) is 3. The molecule has 0 saturated carbocycles. The zero-order valence-corrected chi connectivity index (χ0v) is 16.3. The van der Waals surface area contributed by atoms with Crippen molar-refractivity contribution in [3.8, 4) is 11.5 Å². The molecule has 1 unspecified atom stereocenters. The third kappa shape index (κ3) is 4.07. The van der Waals surface area contributed by atoms with Crippen LogP contribution in [0.4, 0.5) is 0 Å². The lowest BCUT2D eigenvalue weighted by Gasteiger charge is -2.27. The second-order valence-electron chi connectivity index (χ2n) is 7.13. The maximum absolute atomic E-state index is 12.7. The van der Waals surface area contributed by atoms with E-state index >= 15 is 0 Å². The molecule has 9 heteroatoms. The Balaban J connectivity index is 2.02. The van der Waals surface area contributed by atoms with E-state index in [1.807, 2.05) is 0 Å². The number of rotatable bonds is 2. The van der Waals surface area contributed by atoms with E-state index in [1.165, 1.54) is 19.3 Å². The molecule has 2 heterocycles. The summed E-state index contributed by atoms with van der Waals surface area (Å²) in [6, 6.07) is 2.84. The number of phenolic OH excluding ortho intramolecular Hbond substituents is 1. The Bertz CT molecular complexity index is 833. The Hall–Kier alpha value is -2.62. The van der Waals surface area contributed by atoms with Gasteiger partial charge >= 0.3 is 11.9 Å². The zero-order chi connectivity index (χ0) is 21.3. The average molecular weight is 408 g/mol. The molecule has 29 heavy (non-hydrogen) atoms. The number of aromatic hydroxyl groups is 1. The minimum Gasteiger partial charge on any atom is -0.507 e. The van der Waals surface area contributed by atoms with Crippen molar-refractivity contribution in [1.82, 2.24) is 0 Å². The second-order valence-corrected chi connectivity index (χ2v) is 7.13. The summed E-state index contributed by atoms with van der Waals surface area (Å²) in [6.07, 6.45) is -0.802. The van der Waals surface area contributed by atoms with E-state index in [4.69, 9.17) is 14.2 Å². The largest absolute Gasteiger partial charge is 0.507 e. The normalized spacial score (nSPS) is 32.9. The van der Waals surface area contributed by atoms with Gasteiger partial charge in [0.2, 0.25) is 5.60 Å². The van der Waals surface area contributed by atoms with Gasteiger partial charge in [0.1, 0.15) is 29.3 Å². The Morgan fingerprint density at radius 2 is 2.03 bits per heavy atom. The van der Waals surface area contributed by atoms with Gasteiger partial charge in [0, 0.05) is 24.5 Å². The summed E-state index contributed by atoms with van der Waals surface area (Å²) in [4.78, 5) is 24.8. The Labute approximate surface area is 167 Å². The van der Waals surface area contributed by atoms with Crippen molar-refractivity contribution in [2.75, 3.05) is 14.2 Å². The molecule has 5 atom stereocenters. The third-order valence-corrected chi connectivity index (χ3v) is 5.07. The predicted octanol–water partition coefficient (Wildman–Crippen LogP) is 1.00. The molecular weight excluding hydrogens is 384 g/mol. The fraction of sp³-hybridized carbons (Fsp3) is 0.500. The van der Waals surface area contributed by atoms with E-state index in [-0.39, 0.29) is 24.2 Å². The molecule has 1 saturated heterocycles. The van der Waals surface area contributed by atoms with Crippen molar-refractivity contribution in [3.63, 3.8) is 0 Å². The van der Waals surface area contributed by atoms with Crippen molar-refractivity contribution in [1.29, 1.82) is 0 Å². The van der Waals surface area contributed by atoms with E-state index in [0.717, 1.165) is 13.2 Å². The van der Waals surface area contributed by atoms with E-state index in [2.05, 4.69) is 4.74 Å². The van der Waals surface area contributed by atoms with E-state index < -0.39 is 42.0 Å². The highest BCUT2D eigenvalue weighted by Crippen LogP contribution is 2.47. The number of phenols is 1. The fourth-order valence-corrected chi connectivity index (χ4v) is 3.39. The molecule has 0 amide bonds. The number of benzene rings is 1. The summed E-state index contributed by atoms with van der Waals surface area (Å²) in [7, 11) is 2.52. The topological polar surface area (TPSA) is 135 Å². The molecule has 0 radical (unpaired) electrons. The van der Waals surface area contributed by atoms with E-state index in [0.29, 0.717) is 11.3 Å². The molecule has 1 aromatic rings. The number of carbonyl (C=O) groups excluding carboxylic acids is 2. The number of cyclic esters (lactones) is 1. The number of hydrogen-bond acceptors (Lipinski definition) is 9. The average Bonchev–Trinajstić information content (AvgIpc) is 3.44. The van der Waals surface area contributed by atoms with Gasteiger partial charge in [-0.05, 0) is 19.1 Å². The van der Waals surface area contributed by atoms with Gasteiger partial charge in [-0.2, -0.15) is 0 Å². The van der Waals surface area contributed by atoms with Gasteiger partial charge in [-0.1, -0.05) is 6.08 Å². The van der Waals surface area contributed by atoms with Gasteiger partial charge in [0.05, 0.1) is 26.4 Å². The van der Waals surface area contributed by atoms with Crippen LogP contribution in [-0.4, -0.2) is 65.4 Å². The van der Waals surface area contributed by atoms with Crippen LogP contribution >= 0.6 is 0 Å². The lowest BCUT2D eigenvalue weighted by Crippen LogP contribution is -2.49. The Morgan fingerprint density at radius 1 is 1.31 bits per heavy atom. The summed E-state index contributed by atoms with van der Waals surface area (Å²) in [5.74, 6) is -1.76. The molecule has 2 aliphatic rings.